The lowest BCUT2D eigenvalue weighted by molar-refractivity contribution is -0.138. The summed E-state index contributed by atoms with van der Waals surface area (Å²) >= 11 is 0. The van der Waals surface area contributed by atoms with Gasteiger partial charge in [-0.1, -0.05) is 6.92 Å². The second-order valence-electron chi connectivity index (χ2n) is 7.89. The monoisotopic (exact) mass is 288 g/mol. The third kappa shape index (κ3) is 1.70. The summed E-state index contributed by atoms with van der Waals surface area (Å²) in [5.74, 6) is 1.79. The molecule has 0 aromatic carbocycles. The average Bonchev–Trinajstić information content (AvgIpc) is 2.76. The summed E-state index contributed by atoms with van der Waals surface area (Å²) in [6.45, 7) is 2.16. The van der Waals surface area contributed by atoms with Gasteiger partial charge in [-0.3, -0.25) is 9.59 Å². The molecular formula is C18H24O3. The van der Waals surface area contributed by atoms with Gasteiger partial charge in [-0.05, 0) is 67.9 Å². The van der Waals surface area contributed by atoms with E-state index in [-0.39, 0.29) is 17.1 Å². The fourth-order valence-electron chi connectivity index (χ4n) is 5.95. The van der Waals surface area contributed by atoms with Crippen LogP contribution in [0.3, 0.4) is 0 Å². The van der Waals surface area contributed by atoms with Crippen LogP contribution in [0.25, 0.3) is 0 Å². The second kappa shape index (κ2) is 4.28. The highest BCUT2D eigenvalue weighted by atomic mass is 16.3. The van der Waals surface area contributed by atoms with Crippen molar-refractivity contribution < 1.29 is 14.7 Å². The SMILES string of the molecule is C[C@]12CC[C@@H]3[C@@H](CCC4=CC(=O)CC[C@@]43O)[C@H]1CCC2=O. The van der Waals surface area contributed by atoms with Crippen LogP contribution in [0.15, 0.2) is 11.6 Å². The largest absolute Gasteiger partial charge is 0.385 e. The van der Waals surface area contributed by atoms with Gasteiger partial charge in [-0.25, -0.2) is 0 Å². The minimum atomic E-state index is -0.760. The van der Waals surface area contributed by atoms with Gasteiger partial charge in [0.05, 0.1) is 5.60 Å². The number of carbonyl (C=O) groups excluding carboxylic acids is 2. The number of fused-ring (bicyclic) bond motifs is 5. The minimum Gasteiger partial charge on any atom is -0.385 e. The minimum absolute atomic E-state index is 0.136. The molecule has 0 radical (unpaired) electrons. The van der Waals surface area contributed by atoms with Crippen molar-refractivity contribution in [2.24, 2.45) is 23.2 Å². The van der Waals surface area contributed by atoms with Crippen molar-refractivity contribution in [2.75, 3.05) is 0 Å². The Bertz CT molecular complexity index is 549. The molecule has 3 fully saturated rings. The van der Waals surface area contributed by atoms with Gasteiger partial charge >= 0.3 is 0 Å². The molecule has 3 saturated carbocycles. The quantitative estimate of drug-likeness (QED) is 0.745. The first kappa shape index (κ1) is 13.7. The van der Waals surface area contributed by atoms with Crippen LogP contribution in [0, 0.1) is 23.2 Å². The predicted octanol–water partition coefficient (Wildman–Crippen LogP) is 2.81. The molecule has 4 aliphatic carbocycles. The molecular weight excluding hydrogens is 264 g/mol. The Morgan fingerprint density at radius 1 is 1.05 bits per heavy atom. The summed E-state index contributed by atoms with van der Waals surface area (Å²) in [7, 11) is 0. The first-order valence-corrected chi connectivity index (χ1v) is 8.45. The van der Waals surface area contributed by atoms with Crippen molar-refractivity contribution in [3.05, 3.63) is 11.6 Å². The molecule has 0 aromatic heterocycles. The number of hydrogen-bond donors (Lipinski definition) is 1. The van der Waals surface area contributed by atoms with Gasteiger partial charge in [0.2, 0.25) is 0 Å². The van der Waals surface area contributed by atoms with Gasteiger partial charge in [0.1, 0.15) is 5.78 Å². The highest BCUT2D eigenvalue weighted by molar-refractivity contribution is 5.92. The lowest BCUT2D eigenvalue weighted by Gasteiger charge is -2.55. The van der Waals surface area contributed by atoms with Gasteiger partial charge in [-0.15, -0.1) is 0 Å². The van der Waals surface area contributed by atoms with Crippen LogP contribution in [0.1, 0.15) is 58.3 Å². The third-order valence-corrected chi connectivity index (χ3v) is 7.15. The summed E-state index contributed by atoms with van der Waals surface area (Å²) in [6.07, 6.45) is 8.25. The number of hydrogen-bond acceptors (Lipinski definition) is 3. The maximum Gasteiger partial charge on any atom is 0.155 e. The highest BCUT2D eigenvalue weighted by Crippen LogP contribution is 2.61. The van der Waals surface area contributed by atoms with Crippen molar-refractivity contribution in [3.8, 4) is 0 Å². The number of Topliss-reactive ketones (excluding diaryl/α,β-unsaturated/α-hetero) is 1. The van der Waals surface area contributed by atoms with E-state index < -0.39 is 5.60 Å². The molecule has 3 heteroatoms. The van der Waals surface area contributed by atoms with Crippen LogP contribution in [0.2, 0.25) is 0 Å². The highest BCUT2D eigenvalue weighted by Gasteiger charge is 2.59. The van der Waals surface area contributed by atoms with Crippen LogP contribution in [0.5, 0.6) is 0 Å². The Morgan fingerprint density at radius 2 is 1.86 bits per heavy atom. The first-order chi connectivity index (χ1) is 9.95. The first-order valence-electron chi connectivity index (χ1n) is 8.45. The fraction of sp³-hybridized carbons (Fsp3) is 0.778. The Balaban J connectivity index is 1.70. The van der Waals surface area contributed by atoms with E-state index in [4.69, 9.17) is 0 Å². The zero-order chi connectivity index (χ0) is 14.8. The molecule has 0 bridgehead atoms. The summed E-state index contributed by atoms with van der Waals surface area (Å²) in [6, 6.07) is 0. The third-order valence-electron chi connectivity index (χ3n) is 7.15. The Kier molecular flexibility index (Phi) is 2.79. The second-order valence-corrected chi connectivity index (χ2v) is 7.89. The lowest BCUT2D eigenvalue weighted by atomic mass is 9.51. The molecule has 0 amide bonds. The number of rotatable bonds is 0. The van der Waals surface area contributed by atoms with E-state index >= 15 is 0 Å². The van der Waals surface area contributed by atoms with Crippen LogP contribution >= 0.6 is 0 Å². The van der Waals surface area contributed by atoms with E-state index in [9.17, 15) is 14.7 Å². The molecule has 21 heavy (non-hydrogen) atoms. The van der Waals surface area contributed by atoms with E-state index in [1.807, 2.05) is 0 Å². The molecule has 0 aliphatic heterocycles. The molecule has 4 aliphatic rings. The van der Waals surface area contributed by atoms with Gasteiger partial charge in [0.15, 0.2) is 5.78 Å². The Morgan fingerprint density at radius 3 is 2.67 bits per heavy atom. The Hall–Kier alpha value is -0.960. The van der Waals surface area contributed by atoms with E-state index in [0.717, 1.165) is 44.1 Å². The van der Waals surface area contributed by atoms with E-state index in [0.29, 0.717) is 30.5 Å². The topological polar surface area (TPSA) is 54.4 Å². The summed E-state index contributed by atoms with van der Waals surface area (Å²) < 4.78 is 0. The van der Waals surface area contributed by atoms with Gasteiger partial charge < -0.3 is 5.11 Å². The van der Waals surface area contributed by atoms with E-state index in [1.165, 1.54) is 0 Å². The van der Waals surface area contributed by atoms with Gasteiger partial charge in [0, 0.05) is 18.3 Å². The molecule has 0 saturated heterocycles. The molecule has 114 valence electrons. The molecule has 3 nitrogen and oxygen atoms in total. The van der Waals surface area contributed by atoms with Crippen molar-refractivity contribution in [1.82, 2.24) is 0 Å². The average molecular weight is 288 g/mol. The maximum atomic E-state index is 12.3. The zero-order valence-corrected chi connectivity index (χ0v) is 12.7. The zero-order valence-electron chi connectivity index (χ0n) is 12.7. The van der Waals surface area contributed by atoms with E-state index in [1.54, 1.807) is 6.08 Å². The van der Waals surface area contributed by atoms with Crippen molar-refractivity contribution in [1.29, 1.82) is 0 Å². The van der Waals surface area contributed by atoms with Crippen LogP contribution in [0.4, 0.5) is 0 Å². The maximum absolute atomic E-state index is 12.3. The van der Waals surface area contributed by atoms with Crippen molar-refractivity contribution in [2.45, 2.75) is 63.9 Å². The fourth-order valence-corrected chi connectivity index (χ4v) is 5.95. The summed E-state index contributed by atoms with van der Waals surface area (Å²) in [5, 5.41) is 11.3. The van der Waals surface area contributed by atoms with Gasteiger partial charge in [0.25, 0.3) is 0 Å². The number of aliphatic hydroxyl groups is 1. The molecule has 0 heterocycles. The molecule has 5 atom stereocenters. The molecule has 4 rings (SSSR count). The van der Waals surface area contributed by atoms with Crippen LogP contribution < -0.4 is 0 Å². The van der Waals surface area contributed by atoms with Crippen molar-refractivity contribution >= 4 is 11.6 Å². The summed E-state index contributed by atoms with van der Waals surface area (Å²) in [4.78, 5) is 24.0. The summed E-state index contributed by atoms with van der Waals surface area (Å²) in [5.41, 5.74) is 0.0838. The molecule has 1 N–H and O–H groups in total. The molecule has 0 unspecified atom stereocenters. The van der Waals surface area contributed by atoms with Crippen LogP contribution in [-0.4, -0.2) is 22.3 Å². The van der Waals surface area contributed by atoms with Crippen molar-refractivity contribution in [3.63, 3.8) is 0 Å². The lowest BCUT2D eigenvalue weighted by Crippen LogP contribution is -2.55. The molecule has 0 spiro atoms. The normalized spacial score (nSPS) is 49.2. The van der Waals surface area contributed by atoms with Crippen LogP contribution in [-0.2, 0) is 9.59 Å². The molecule has 0 aromatic rings. The number of ketones is 2. The smallest absolute Gasteiger partial charge is 0.155 e. The van der Waals surface area contributed by atoms with Gasteiger partial charge in [-0.2, -0.15) is 0 Å². The van der Waals surface area contributed by atoms with E-state index in [2.05, 4.69) is 6.92 Å². The standard InChI is InChI=1S/C18H24O3/c1-17-8-7-15-13(14(17)4-5-16(17)20)3-2-11-10-12(19)6-9-18(11,15)21/h10,13-15,21H,2-9H2,1H3/t13-,14+,15+,17-,18+/m0/s1. The number of carbonyl (C=O) groups is 2. The Labute approximate surface area is 125 Å². The predicted molar refractivity (Wildman–Crippen MR) is 78.6 cm³/mol.